The summed E-state index contributed by atoms with van der Waals surface area (Å²) < 4.78 is 0. The highest BCUT2D eigenvalue weighted by Gasteiger charge is 2.00. The molecule has 0 rings (SSSR count). The fourth-order valence-electron chi connectivity index (χ4n) is 1.70. The number of unbranched alkanes of at least 4 members (excludes halogenated alkanes) is 4. The van der Waals surface area contributed by atoms with Gasteiger partial charge in [0, 0.05) is 6.42 Å². The minimum Gasteiger partial charge on any atom is -0.316 e. The van der Waals surface area contributed by atoms with Gasteiger partial charge in [0.25, 0.3) is 0 Å². The average molecular weight is 209 g/mol. The SMILES string of the molecule is C#CCCCCCC[C@H](C)CNCCC. The zero-order valence-electron chi connectivity index (χ0n) is 10.5. The number of rotatable bonds is 10. The summed E-state index contributed by atoms with van der Waals surface area (Å²) in [6.07, 6.45) is 14.0. The van der Waals surface area contributed by atoms with E-state index in [1.165, 1.54) is 45.1 Å². The first kappa shape index (κ1) is 14.5. The predicted molar refractivity (Wildman–Crippen MR) is 68.9 cm³/mol. The smallest absolute Gasteiger partial charge is 0.00860 e. The van der Waals surface area contributed by atoms with Crippen molar-refractivity contribution in [3.63, 3.8) is 0 Å². The third-order valence-corrected chi connectivity index (χ3v) is 2.69. The molecule has 1 nitrogen and oxygen atoms in total. The summed E-state index contributed by atoms with van der Waals surface area (Å²) in [5.41, 5.74) is 0. The highest BCUT2D eigenvalue weighted by molar-refractivity contribution is 4.82. The molecular formula is C14H27N. The molecule has 0 amide bonds. The molecule has 0 radical (unpaired) electrons. The van der Waals surface area contributed by atoms with Crippen molar-refractivity contribution in [1.82, 2.24) is 5.32 Å². The van der Waals surface area contributed by atoms with Crippen molar-refractivity contribution in [1.29, 1.82) is 0 Å². The van der Waals surface area contributed by atoms with Crippen LogP contribution in [0.25, 0.3) is 0 Å². The Balaban J connectivity index is 3.10. The molecule has 0 aromatic rings. The van der Waals surface area contributed by atoms with Crippen LogP contribution in [0.2, 0.25) is 0 Å². The molecule has 1 atom stereocenters. The van der Waals surface area contributed by atoms with Gasteiger partial charge in [-0.05, 0) is 38.3 Å². The zero-order valence-corrected chi connectivity index (χ0v) is 10.5. The molecule has 0 aromatic heterocycles. The maximum Gasteiger partial charge on any atom is 0.00860 e. The van der Waals surface area contributed by atoms with Gasteiger partial charge in [-0.2, -0.15) is 0 Å². The second-order valence-corrected chi connectivity index (χ2v) is 4.47. The van der Waals surface area contributed by atoms with Gasteiger partial charge in [-0.15, -0.1) is 12.3 Å². The molecule has 1 N–H and O–H groups in total. The van der Waals surface area contributed by atoms with Crippen molar-refractivity contribution < 1.29 is 0 Å². The Bertz CT molecular complexity index is 157. The molecule has 0 aliphatic rings. The summed E-state index contributed by atoms with van der Waals surface area (Å²) >= 11 is 0. The second-order valence-electron chi connectivity index (χ2n) is 4.47. The molecule has 0 aliphatic carbocycles. The van der Waals surface area contributed by atoms with Crippen molar-refractivity contribution in [2.45, 2.75) is 58.8 Å². The van der Waals surface area contributed by atoms with Crippen LogP contribution in [-0.4, -0.2) is 13.1 Å². The standard InChI is InChI=1S/C14H27N/c1-4-6-7-8-9-10-11-14(3)13-15-12-5-2/h1,14-15H,5-13H2,2-3H3/t14-/m0/s1. The maximum absolute atomic E-state index is 5.20. The molecular weight excluding hydrogens is 182 g/mol. The van der Waals surface area contributed by atoms with Gasteiger partial charge in [0.2, 0.25) is 0 Å². The Labute approximate surface area is 96.0 Å². The van der Waals surface area contributed by atoms with E-state index in [1.807, 2.05) is 0 Å². The molecule has 0 spiro atoms. The van der Waals surface area contributed by atoms with E-state index in [-0.39, 0.29) is 0 Å². The topological polar surface area (TPSA) is 12.0 Å². The van der Waals surface area contributed by atoms with Gasteiger partial charge in [0.15, 0.2) is 0 Å². The third-order valence-electron chi connectivity index (χ3n) is 2.69. The van der Waals surface area contributed by atoms with Crippen molar-refractivity contribution >= 4 is 0 Å². The Kier molecular flexibility index (Phi) is 11.2. The molecule has 88 valence electrons. The van der Waals surface area contributed by atoms with Crippen LogP contribution in [0.4, 0.5) is 0 Å². The first-order valence-corrected chi connectivity index (χ1v) is 6.45. The lowest BCUT2D eigenvalue weighted by molar-refractivity contribution is 0.453. The first-order valence-electron chi connectivity index (χ1n) is 6.45. The fourth-order valence-corrected chi connectivity index (χ4v) is 1.70. The summed E-state index contributed by atoms with van der Waals surface area (Å²) in [5, 5.41) is 3.47. The van der Waals surface area contributed by atoms with Gasteiger partial charge in [0.1, 0.15) is 0 Å². The molecule has 0 unspecified atom stereocenters. The van der Waals surface area contributed by atoms with Gasteiger partial charge in [-0.3, -0.25) is 0 Å². The molecule has 15 heavy (non-hydrogen) atoms. The number of hydrogen-bond acceptors (Lipinski definition) is 1. The summed E-state index contributed by atoms with van der Waals surface area (Å²) in [4.78, 5) is 0. The van der Waals surface area contributed by atoms with E-state index in [4.69, 9.17) is 6.42 Å². The zero-order chi connectivity index (χ0) is 11.4. The highest BCUT2D eigenvalue weighted by atomic mass is 14.8. The van der Waals surface area contributed by atoms with Crippen LogP contribution in [0.5, 0.6) is 0 Å². The van der Waals surface area contributed by atoms with E-state index in [0.29, 0.717) is 0 Å². The minimum absolute atomic E-state index is 0.823. The average Bonchev–Trinajstić information content (AvgIpc) is 2.23. The van der Waals surface area contributed by atoms with Crippen LogP contribution in [0, 0.1) is 18.3 Å². The van der Waals surface area contributed by atoms with Gasteiger partial charge < -0.3 is 5.32 Å². The summed E-state index contributed by atoms with van der Waals surface area (Å²) in [7, 11) is 0. The van der Waals surface area contributed by atoms with Crippen molar-refractivity contribution in [3.05, 3.63) is 0 Å². The van der Waals surface area contributed by atoms with E-state index in [2.05, 4.69) is 25.1 Å². The lowest BCUT2D eigenvalue weighted by Crippen LogP contribution is -2.21. The van der Waals surface area contributed by atoms with Crippen LogP contribution in [0.1, 0.15) is 58.8 Å². The Morgan fingerprint density at radius 2 is 1.93 bits per heavy atom. The van der Waals surface area contributed by atoms with Crippen LogP contribution >= 0.6 is 0 Å². The Morgan fingerprint density at radius 1 is 1.20 bits per heavy atom. The molecule has 1 heteroatoms. The van der Waals surface area contributed by atoms with Crippen LogP contribution in [-0.2, 0) is 0 Å². The van der Waals surface area contributed by atoms with Gasteiger partial charge >= 0.3 is 0 Å². The second kappa shape index (κ2) is 11.6. The van der Waals surface area contributed by atoms with Crippen molar-refractivity contribution in [2.75, 3.05) is 13.1 Å². The minimum atomic E-state index is 0.823. The summed E-state index contributed by atoms with van der Waals surface area (Å²) in [5.74, 6) is 3.52. The van der Waals surface area contributed by atoms with Crippen molar-refractivity contribution in [3.8, 4) is 12.3 Å². The lowest BCUT2D eigenvalue weighted by atomic mass is 10.0. The molecule has 0 fully saturated rings. The van der Waals surface area contributed by atoms with Crippen LogP contribution in [0.15, 0.2) is 0 Å². The van der Waals surface area contributed by atoms with Crippen molar-refractivity contribution in [2.24, 2.45) is 5.92 Å². The normalized spacial score (nSPS) is 12.3. The van der Waals surface area contributed by atoms with E-state index >= 15 is 0 Å². The van der Waals surface area contributed by atoms with E-state index in [9.17, 15) is 0 Å². The molecule has 0 saturated heterocycles. The lowest BCUT2D eigenvalue weighted by Gasteiger charge is -2.11. The first-order chi connectivity index (χ1) is 7.31. The Hall–Kier alpha value is -0.480. The molecule has 0 heterocycles. The maximum atomic E-state index is 5.20. The predicted octanol–water partition coefficient (Wildman–Crippen LogP) is 3.60. The van der Waals surface area contributed by atoms with Gasteiger partial charge in [0.05, 0.1) is 0 Å². The summed E-state index contributed by atoms with van der Waals surface area (Å²) in [6, 6.07) is 0. The largest absolute Gasteiger partial charge is 0.316 e. The molecule has 0 aromatic carbocycles. The number of hydrogen-bond donors (Lipinski definition) is 1. The van der Waals surface area contributed by atoms with Crippen LogP contribution < -0.4 is 5.32 Å². The highest BCUT2D eigenvalue weighted by Crippen LogP contribution is 2.10. The monoisotopic (exact) mass is 209 g/mol. The number of nitrogens with one attached hydrogen (secondary N) is 1. The Morgan fingerprint density at radius 3 is 2.60 bits per heavy atom. The molecule has 0 aliphatic heterocycles. The third kappa shape index (κ3) is 11.4. The van der Waals surface area contributed by atoms with E-state index in [1.54, 1.807) is 0 Å². The van der Waals surface area contributed by atoms with Crippen LogP contribution in [0.3, 0.4) is 0 Å². The van der Waals surface area contributed by atoms with E-state index in [0.717, 1.165) is 18.9 Å². The van der Waals surface area contributed by atoms with Gasteiger partial charge in [-0.25, -0.2) is 0 Å². The molecule has 0 bridgehead atoms. The fraction of sp³-hybridized carbons (Fsp3) is 0.857. The molecule has 0 saturated carbocycles. The summed E-state index contributed by atoms with van der Waals surface area (Å²) in [6.45, 7) is 6.89. The van der Waals surface area contributed by atoms with Gasteiger partial charge in [-0.1, -0.05) is 33.1 Å². The number of terminal acetylenes is 1. The quantitative estimate of drug-likeness (QED) is 0.428. The van der Waals surface area contributed by atoms with E-state index < -0.39 is 0 Å².